The van der Waals surface area contributed by atoms with Gasteiger partial charge in [0.2, 0.25) is 0 Å². The Hall–Kier alpha value is -2.24. The van der Waals surface area contributed by atoms with E-state index in [9.17, 15) is 4.39 Å². The van der Waals surface area contributed by atoms with E-state index in [-0.39, 0.29) is 5.82 Å². The van der Waals surface area contributed by atoms with E-state index in [0.29, 0.717) is 6.54 Å². The third-order valence-electron chi connectivity index (χ3n) is 4.92. The fourth-order valence-corrected chi connectivity index (χ4v) is 3.57. The SMILES string of the molecule is Fc1ccccc1CN1CCCN(Cc2cccc3ccnn23)CC1. The second-order valence-electron chi connectivity index (χ2n) is 6.68. The summed E-state index contributed by atoms with van der Waals surface area (Å²) in [5.74, 6) is -0.103. The molecule has 0 amide bonds. The first-order chi connectivity index (χ1) is 12.3. The molecule has 2 aromatic heterocycles. The van der Waals surface area contributed by atoms with Crippen LogP contribution in [0.4, 0.5) is 4.39 Å². The van der Waals surface area contributed by atoms with Gasteiger partial charge in [-0.3, -0.25) is 9.80 Å². The third-order valence-corrected chi connectivity index (χ3v) is 4.92. The van der Waals surface area contributed by atoms with Crippen LogP contribution in [0.25, 0.3) is 5.52 Å². The van der Waals surface area contributed by atoms with Crippen LogP contribution in [0.2, 0.25) is 0 Å². The van der Waals surface area contributed by atoms with Crippen molar-refractivity contribution >= 4 is 5.52 Å². The van der Waals surface area contributed by atoms with E-state index in [1.807, 2.05) is 28.9 Å². The highest BCUT2D eigenvalue weighted by atomic mass is 19.1. The van der Waals surface area contributed by atoms with Crippen molar-refractivity contribution in [3.05, 3.63) is 71.8 Å². The Balaban J connectivity index is 1.40. The molecule has 4 nitrogen and oxygen atoms in total. The first kappa shape index (κ1) is 16.2. The van der Waals surface area contributed by atoms with Crippen molar-refractivity contribution in [3.8, 4) is 0 Å². The Morgan fingerprint density at radius 1 is 0.840 bits per heavy atom. The number of rotatable bonds is 4. The van der Waals surface area contributed by atoms with Crippen LogP contribution < -0.4 is 0 Å². The molecule has 0 atom stereocenters. The zero-order valence-electron chi connectivity index (χ0n) is 14.3. The fraction of sp³-hybridized carbons (Fsp3) is 0.350. The summed E-state index contributed by atoms with van der Waals surface area (Å²) in [6, 6.07) is 15.4. The number of hydrogen-bond donors (Lipinski definition) is 0. The summed E-state index contributed by atoms with van der Waals surface area (Å²) in [5.41, 5.74) is 3.14. The van der Waals surface area contributed by atoms with Crippen molar-refractivity contribution < 1.29 is 4.39 Å². The minimum Gasteiger partial charge on any atom is -0.298 e. The molecule has 0 saturated carbocycles. The van der Waals surface area contributed by atoms with Crippen molar-refractivity contribution in [3.63, 3.8) is 0 Å². The molecule has 3 heterocycles. The van der Waals surface area contributed by atoms with Crippen molar-refractivity contribution in [2.75, 3.05) is 26.2 Å². The van der Waals surface area contributed by atoms with Gasteiger partial charge in [0.15, 0.2) is 0 Å². The lowest BCUT2D eigenvalue weighted by Gasteiger charge is -2.22. The molecule has 0 bridgehead atoms. The quantitative estimate of drug-likeness (QED) is 0.730. The lowest BCUT2D eigenvalue weighted by Crippen LogP contribution is -2.31. The molecule has 0 radical (unpaired) electrons. The Morgan fingerprint density at radius 3 is 2.48 bits per heavy atom. The Bertz CT molecular complexity index is 844. The molecule has 1 aliphatic heterocycles. The normalized spacial score (nSPS) is 17.0. The van der Waals surface area contributed by atoms with Crippen LogP contribution in [0.3, 0.4) is 0 Å². The number of benzene rings is 1. The van der Waals surface area contributed by atoms with E-state index < -0.39 is 0 Å². The van der Waals surface area contributed by atoms with Crippen LogP contribution in [0.5, 0.6) is 0 Å². The molecule has 25 heavy (non-hydrogen) atoms. The number of nitrogens with zero attached hydrogens (tertiary/aromatic N) is 4. The van der Waals surface area contributed by atoms with E-state index in [1.54, 1.807) is 12.1 Å². The first-order valence-corrected chi connectivity index (χ1v) is 8.89. The van der Waals surface area contributed by atoms with Crippen LogP contribution in [0, 0.1) is 5.82 Å². The van der Waals surface area contributed by atoms with Gasteiger partial charge in [0.25, 0.3) is 0 Å². The molecular weight excluding hydrogens is 315 g/mol. The zero-order chi connectivity index (χ0) is 17.1. The summed E-state index contributed by atoms with van der Waals surface area (Å²) in [6.07, 6.45) is 2.95. The van der Waals surface area contributed by atoms with Gasteiger partial charge < -0.3 is 0 Å². The first-order valence-electron chi connectivity index (χ1n) is 8.89. The van der Waals surface area contributed by atoms with Crippen molar-refractivity contribution in [1.29, 1.82) is 0 Å². The monoisotopic (exact) mass is 338 g/mol. The molecule has 0 aliphatic carbocycles. The van der Waals surface area contributed by atoms with Gasteiger partial charge in [-0.15, -0.1) is 0 Å². The number of fused-ring (bicyclic) bond motifs is 1. The molecule has 1 aliphatic rings. The summed E-state index contributed by atoms with van der Waals surface area (Å²) in [5, 5.41) is 4.43. The lowest BCUT2D eigenvalue weighted by molar-refractivity contribution is 0.243. The molecule has 130 valence electrons. The summed E-state index contributed by atoms with van der Waals surface area (Å²) in [4.78, 5) is 4.82. The van der Waals surface area contributed by atoms with Gasteiger partial charge in [-0.25, -0.2) is 8.91 Å². The Morgan fingerprint density at radius 2 is 1.64 bits per heavy atom. The van der Waals surface area contributed by atoms with Crippen LogP contribution in [-0.2, 0) is 13.1 Å². The number of pyridine rings is 1. The van der Waals surface area contributed by atoms with Crippen molar-refractivity contribution in [2.45, 2.75) is 19.5 Å². The molecule has 0 N–H and O–H groups in total. The third kappa shape index (κ3) is 3.72. The second-order valence-corrected chi connectivity index (χ2v) is 6.68. The Kier molecular flexibility index (Phi) is 4.76. The summed E-state index contributed by atoms with van der Waals surface area (Å²) in [7, 11) is 0. The summed E-state index contributed by atoms with van der Waals surface area (Å²) < 4.78 is 15.9. The van der Waals surface area contributed by atoms with E-state index >= 15 is 0 Å². The Labute approximate surface area is 147 Å². The standard InChI is InChI=1S/C20H23FN4/c21-20-8-2-1-5-17(20)15-23-11-4-12-24(14-13-23)16-19-7-3-6-18-9-10-22-25(18)19/h1-3,5-10H,4,11-16H2. The van der Waals surface area contributed by atoms with Crippen LogP contribution in [0.15, 0.2) is 54.7 Å². The van der Waals surface area contributed by atoms with Crippen molar-refractivity contribution in [1.82, 2.24) is 19.4 Å². The summed E-state index contributed by atoms with van der Waals surface area (Å²) >= 11 is 0. The highest BCUT2D eigenvalue weighted by Gasteiger charge is 2.17. The number of halogens is 1. The van der Waals surface area contributed by atoms with Gasteiger partial charge >= 0.3 is 0 Å². The highest BCUT2D eigenvalue weighted by Crippen LogP contribution is 2.14. The molecule has 5 heteroatoms. The molecule has 0 unspecified atom stereocenters. The molecule has 0 spiro atoms. The fourth-order valence-electron chi connectivity index (χ4n) is 3.57. The molecular formula is C20H23FN4. The highest BCUT2D eigenvalue weighted by molar-refractivity contribution is 5.46. The molecule has 1 fully saturated rings. The maximum absolute atomic E-state index is 13.9. The average Bonchev–Trinajstić information content (AvgIpc) is 3.00. The molecule has 3 aromatic rings. The molecule has 1 aromatic carbocycles. The maximum atomic E-state index is 13.9. The summed E-state index contributed by atoms with van der Waals surface area (Å²) in [6.45, 7) is 5.61. The van der Waals surface area contributed by atoms with Crippen LogP contribution >= 0.6 is 0 Å². The van der Waals surface area contributed by atoms with E-state index in [4.69, 9.17) is 0 Å². The molecule has 4 rings (SSSR count). The largest absolute Gasteiger partial charge is 0.298 e. The van der Waals surface area contributed by atoms with Gasteiger partial charge in [0.05, 0.1) is 11.2 Å². The average molecular weight is 338 g/mol. The van der Waals surface area contributed by atoms with E-state index in [1.165, 1.54) is 5.69 Å². The van der Waals surface area contributed by atoms with Crippen LogP contribution in [-0.4, -0.2) is 45.6 Å². The maximum Gasteiger partial charge on any atom is 0.127 e. The minimum absolute atomic E-state index is 0.103. The lowest BCUT2D eigenvalue weighted by atomic mass is 10.2. The van der Waals surface area contributed by atoms with E-state index in [0.717, 1.165) is 50.2 Å². The minimum atomic E-state index is -0.103. The van der Waals surface area contributed by atoms with Gasteiger partial charge in [0.1, 0.15) is 5.82 Å². The van der Waals surface area contributed by atoms with Gasteiger partial charge in [-0.05, 0) is 43.8 Å². The zero-order valence-corrected chi connectivity index (χ0v) is 14.3. The van der Waals surface area contributed by atoms with Gasteiger partial charge in [0, 0.05) is 37.9 Å². The van der Waals surface area contributed by atoms with Gasteiger partial charge in [-0.1, -0.05) is 24.3 Å². The number of aromatic nitrogens is 2. The second kappa shape index (κ2) is 7.33. The van der Waals surface area contributed by atoms with Gasteiger partial charge in [-0.2, -0.15) is 5.10 Å². The predicted octanol–water partition coefficient (Wildman–Crippen LogP) is 3.18. The van der Waals surface area contributed by atoms with Crippen LogP contribution in [0.1, 0.15) is 17.7 Å². The topological polar surface area (TPSA) is 23.8 Å². The predicted molar refractivity (Wildman–Crippen MR) is 96.8 cm³/mol. The van der Waals surface area contributed by atoms with Crippen molar-refractivity contribution in [2.24, 2.45) is 0 Å². The molecule has 1 saturated heterocycles. The number of hydrogen-bond acceptors (Lipinski definition) is 3. The smallest absolute Gasteiger partial charge is 0.127 e. The van der Waals surface area contributed by atoms with E-state index in [2.05, 4.69) is 33.1 Å².